The molecule has 0 aromatic heterocycles. The largest absolute Gasteiger partial charge is 0.399 e. The highest BCUT2D eigenvalue weighted by Gasteiger charge is 2.14. The summed E-state index contributed by atoms with van der Waals surface area (Å²) in [5.41, 5.74) is 7.68. The molecular formula is C15H25N3O. The summed E-state index contributed by atoms with van der Waals surface area (Å²) < 4.78 is 0. The Morgan fingerprint density at radius 2 is 2.16 bits per heavy atom. The van der Waals surface area contributed by atoms with Gasteiger partial charge >= 0.3 is 0 Å². The van der Waals surface area contributed by atoms with E-state index in [1.165, 1.54) is 0 Å². The Labute approximate surface area is 116 Å². The van der Waals surface area contributed by atoms with Crippen LogP contribution in [-0.2, 0) is 11.3 Å². The van der Waals surface area contributed by atoms with E-state index in [1.54, 1.807) is 0 Å². The van der Waals surface area contributed by atoms with E-state index >= 15 is 0 Å². The molecule has 1 amide bonds. The van der Waals surface area contributed by atoms with Crippen molar-refractivity contribution < 1.29 is 4.79 Å². The molecule has 3 N–H and O–H groups in total. The first-order valence-electron chi connectivity index (χ1n) is 6.88. The molecule has 0 aliphatic rings. The van der Waals surface area contributed by atoms with Crippen molar-refractivity contribution >= 4 is 11.6 Å². The third-order valence-corrected chi connectivity index (χ3v) is 2.99. The van der Waals surface area contributed by atoms with Gasteiger partial charge in [0.05, 0.1) is 6.54 Å². The molecular weight excluding hydrogens is 238 g/mol. The van der Waals surface area contributed by atoms with Gasteiger partial charge in [0.2, 0.25) is 5.91 Å². The second-order valence-electron chi connectivity index (χ2n) is 5.09. The molecule has 0 bridgehead atoms. The smallest absolute Gasteiger partial charge is 0.234 e. The molecule has 106 valence electrons. The Morgan fingerprint density at radius 3 is 2.74 bits per heavy atom. The molecule has 0 atom stereocenters. The van der Waals surface area contributed by atoms with Crippen molar-refractivity contribution in [3.8, 4) is 0 Å². The van der Waals surface area contributed by atoms with Crippen molar-refractivity contribution in [2.45, 2.75) is 39.8 Å². The van der Waals surface area contributed by atoms with Gasteiger partial charge < -0.3 is 11.1 Å². The molecule has 4 nitrogen and oxygen atoms in total. The number of carbonyl (C=O) groups is 1. The second kappa shape index (κ2) is 7.79. The van der Waals surface area contributed by atoms with Gasteiger partial charge in [-0.15, -0.1) is 0 Å². The molecule has 0 heterocycles. The molecule has 1 rings (SSSR count). The lowest BCUT2D eigenvalue weighted by Crippen LogP contribution is -2.40. The highest BCUT2D eigenvalue weighted by molar-refractivity contribution is 5.78. The number of nitrogens with two attached hydrogens (primary N) is 1. The predicted octanol–water partition coefficient (Wildman–Crippen LogP) is 2.01. The maximum atomic E-state index is 11.8. The summed E-state index contributed by atoms with van der Waals surface area (Å²) in [4.78, 5) is 13.9. The van der Waals surface area contributed by atoms with Crippen molar-refractivity contribution in [1.82, 2.24) is 10.2 Å². The molecule has 0 saturated carbocycles. The summed E-state index contributed by atoms with van der Waals surface area (Å²) in [5.74, 6) is 0.0828. The minimum absolute atomic E-state index is 0.0828. The Hall–Kier alpha value is -1.55. The van der Waals surface area contributed by atoms with Crippen LogP contribution in [0.2, 0.25) is 0 Å². The molecule has 1 aromatic rings. The van der Waals surface area contributed by atoms with Crippen LogP contribution in [0, 0.1) is 0 Å². The first-order chi connectivity index (χ1) is 9.02. The number of carbonyl (C=O) groups excluding carboxylic acids is 1. The summed E-state index contributed by atoms with van der Waals surface area (Å²) in [6, 6.07) is 8.13. The van der Waals surface area contributed by atoms with Crippen molar-refractivity contribution in [2.24, 2.45) is 0 Å². The lowest BCUT2D eigenvalue weighted by Gasteiger charge is -2.26. The Bertz CT molecular complexity index is 404. The number of hydrogen-bond acceptors (Lipinski definition) is 3. The van der Waals surface area contributed by atoms with Gasteiger partial charge in [-0.2, -0.15) is 0 Å². The van der Waals surface area contributed by atoms with Crippen LogP contribution in [0.1, 0.15) is 32.8 Å². The number of nitrogens with one attached hydrogen (secondary N) is 1. The van der Waals surface area contributed by atoms with E-state index in [-0.39, 0.29) is 5.91 Å². The number of anilines is 1. The van der Waals surface area contributed by atoms with E-state index in [0.717, 1.165) is 30.8 Å². The van der Waals surface area contributed by atoms with Crippen LogP contribution in [0.5, 0.6) is 0 Å². The van der Waals surface area contributed by atoms with Gasteiger partial charge in [-0.05, 0) is 38.0 Å². The molecule has 19 heavy (non-hydrogen) atoms. The van der Waals surface area contributed by atoms with Gasteiger partial charge in [-0.1, -0.05) is 19.1 Å². The zero-order chi connectivity index (χ0) is 14.3. The zero-order valence-corrected chi connectivity index (χ0v) is 12.1. The van der Waals surface area contributed by atoms with Crippen LogP contribution >= 0.6 is 0 Å². The van der Waals surface area contributed by atoms with E-state index in [1.807, 2.05) is 31.2 Å². The fourth-order valence-corrected chi connectivity index (χ4v) is 1.85. The fraction of sp³-hybridized carbons (Fsp3) is 0.533. The summed E-state index contributed by atoms with van der Waals surface area (Å²) in [5, 5.41) is 2.91. The molecule has 0 fully saturated rings. The predicted molar refractivity (Wildman–Crippen MR) is 79.7 cm³/mol. The minimum atomic E-state index is 0.0828. The van der Waals surface area contributed by atoms with Crippen molar-refractivity contribution in [3.05, 3.63) is 29.8 Å². The van der Waals surface area contributed by atoms with Crippen LogP contribution < -0.4 is 11.1 Å². The first-order valence-corrected chi connectivity index (χ1v) is 6.88. The minimum Gasteiger partial charge on any atom is -0.399 e. The Kier molecular flexibility index (Phi) is 6.36. The lowest BCUT2D eigenvalue weighted by molar-refractivity contribution is -0.122. The van der Waals surface area contributed by atoms with Crippen LogP contribution in [0.4, 0.5) is 5.69 Å². The number of nitrogen functional groups attached to an aromatic ring is 1. The maximum absolute atomic E-state index is 11.8. The average Bonchev–Trinajstić information content (AvgIpc) is 2.35. The lowest BCUT2D eigenvalue weighted by atomic mass is 10.1. The number of rotatable bonds is 7. The Morgan fingerprint density at radius 1 is 1.42 bits per heavy atom. The molecule has 0 spiro atoms. The van der Waals surface area contributed by atoms with Crippen molar-refractivity contribution in [2.75, 3.05) is 18.8 Å². The first kappa shape index (κ1) is 15.5. The maximum Gasteiger partial charge on any atom is 0.234 e. The summed E-state index contributed by atoms with van der Waals surface area (Å²) in [6.45, 7) is 8.14. The van der Waals surface area contributed by atoms with Crippen molar-refractivity contribution in [3.63, 3.8) is 0 Å². The molecule has 0 saturated heterocycles. The van der Waals surface area contributed by atoms with Crippen LogP contribution in [0.3, 0.4) is 0 Å². The molecule has 1 aromatic carbocycles. The molecule has 0 radical (unpaired) electrons. The summed E-state index contributed by atoms with van der Waals surface area (Å²) in [7, 11) is 0. The highest BCUT2D eigenvalue weighted by atomic mass is 16.2. The SMILES string of the molecule is CCCNC(=O)CN(Cc1cccc(N)c1)C(C)C. The van der Waals surface area contributed by atoms with Gasteiger partial charge in [0.25, 0.3) is 0 Å². The van der Waals surface area contributed by atoms with E-state index in [2.05, 4.69) is 24.1 Å². The number of benzene rings is 1. The molecule has 0 aliphatic carbocycles. The summed E-state index contributed by atoms with van der Waals surface area (Å²) >= 11 is 0. The highest BCUT2D eigenvalue weighted by Crippen LogP contribution is 2.11. The molecule has 0 aliphatic heterocycles. The third kappa shape index (κ3) is 5.75. The Balaban J connectivity index is 2.60. The van der Waals surface area contributed by atoms with Crippen LogP contribution in [-0.4, -0.2) is 29.9 Å². The normalized spacial score (nSPS) is 11.0. The van der Waals surface area contributed by atoms with Gasteiger partial charge in [0, 0.05) is 24.8 Å². The van der Waals surface area contributed by atoms with Gasteiger partial charge in [-0.25, -0.2) is 0 Å². The van der Waals surface area contributed by atoms with Gasteiger partial charge in [0.1, 0.15) is 0 Å². The monoisotopic (exact) mass is 263 g/mol. The van der Waals surface area contributed by atoms with Crippen LogP contribution in [0.15, 0.2) is 24.3 Å². The quantitative estimate of drug-likeness (QED) is 0.740. The van der Waals surface area contributed by atoms with Crippen molar-refractivity contribution in [1.29, 1.82) is 0 Å². The number of amides is 1. The van der Waals surface area contributed by atoms with Gasteiger partial charge in [-0.3, -0.25) is 9.69 Å². The van der Waals surface area contributed by atoms with E-state index in [9.17, 15) is 4.79 Å². The summed E-state index contributed by atoms with van der Waals surface area (Å²) in [6.07, 6.45) is 0.961. The van der Waals surface area contributed by atoms with E-state index in [4.69, 9.17) is 5.73 Å². The third-order valence-electron chi connectivity index (χ3n) is 2.99. The number of hydrogen-bond donors (Lipinski definition) is 2. The zero-order valence-electron chi connectivity index (χ0n) is 12.1. The number of nitrogens with zero attached hydrogens (tertiary/aromatic N) is 1. The van der Waals surface area contributed by atoms with Crippen LogP contribution in [0.25, 0.3) is 0 Å². The molecule has 0 unspecified atom stereocenters. The standard InChI is InChI=1S/C15H25N3O/c1-4-8-17-15(19)11-18(12(2)3)10-13-6-5-7-14(16)9-13/h5-7,9,12H,4,8,10-11,16H2,1-3H3,(H,17,19). The average molecular weight is 263 g/mol. The topological polar surface area (TPSA) is 58.4 Å². The second-order valence-corrected chi connectivity index (χ2v) is 5.09. The molecule has 4 heteroatoms. The van der Waals surface area contributed by atoms with E-state index in [0.29, 0.717) is 12.6 Å². The van der Waals surface area contributed by atoms with Gasteiger partial charge in [0.15, 0.2) is 0 Å². The fourth-order valence-electron chi connectivity index (χ4n) is 1.85. The van der Waals surface area contributed by atoms with E-state index < -0.39 is 0 Å².